The Morgan fingerprint density at radius 3 is 2.56 bits per heavy atom. The quantitative estimate of drug-likeness (QED) is 0.818. The van der Waals surface area contributed by atoms with Crippen LogP contribution in [0.1, 0.15) is 25.0 Å². The van der Waals surface area contributed by atoms with E-state index in [0.717, 1.165) is 25.0 Å². The zero-order valence-electron chi connectivity index (χ0n) is 9.15. The van der Waals surface area contributed by atoms with Crippen LogP contribution in [-0.2, 0) is 16.6 Å². The standard InChI is InChI=1S/C10H17N3O2S/c11-7-9-6-10(8-12-9)16(14,15)13-4-2-1-3-5-13/h6,8,12H,1-5,7,11H2. The van der Waals surface area contributed by atoms with E-state index in [0.29, 0.717) is 24.5 Å². The van der Waals surface area contributed by atoms with Gasteiger partial charge in [0.25, 0.3) is 0 Å². The highest BCUT2D eigenvalue weighted by Gasteiger charge is 2.26. The summed E-state index contributed by atoms with van der Waals surface area (Å²) in [6.07, 6.45) is 4.54. The van der Waals surface area contributed by atoms with Gasteiger partial charge in [-0.15, -0.1) is 0 Å². The van der Waals surface area contributed by atoms with Crippen molar-refractivity contribution in [3.8, 4) is 0 Å². The van der Waals surface area contributed by atoms with E-state index in [-0.39, 0.29) is 0 Å². The number of piperidine rings is 1. The molecule has 1 aliphatic rings. The van der Waals surface area contributed by atoms with Crippen LogP contribution in [0.5, 0.6) is 0 Å². The Morgan fingerprint density at radius 1 is 1.31 bits per heavy atom. The zero-order chi connectivity index (χ0) is 11.6. The second-order valence-electron chi connectivity index (χ2n) is 4.03. The Hall–Kier alpha value is -0.850. The lowest BCUT2D eigenvalue weighted by molar-refractivity contribution is 0.346. The Labute approximate surface area is 95.7 Å². The van der Waals surface area contributed by atoms with Crippen molar-refractivity contribution in [3.05, 3.63) is 18.0 Å². The molecule has 0 bridgehead atoms. The zero-order valence-corrected chi connectivity index (χ0v) is 9.96. The van der Waals surface area contributed by atoms with Gasteiger partial charge in [-0.25, -0.2) is 8.42 Å². The Morgan fingerprint density at radius 2 is 2.00 bits per heavy atom. The van der Waals surface area contributed by atoms with E-state index in [1.165, 1.54) is 6.20 Å². The van der Waals surface area contributed by atoms with E-state index in [2.05, 4.69) is 4.98 Å². The molecule has 16 heavy (non-hydrogen) atoms. The van der Waals surface area contributed by atoms with Crippen LogP contribution in [0.25, 0.3) is 0 Å². The lowest BCUT2D eigenvalue weighted by Gasteiger charge is -2.25. The molecule has 0 unspecified atom stereocenters. The van der Waals surface area contributed by atoms with Crippen molar-refractivity contribution in [1.82, 2.24) is 9.29 Å². The molecule has 1 fully saturated rings. The van der Waals surface area contributed by atoms with Crippen LogP contribution in [0.2, 0.25) is 0 Å². The third kappa shape index (κ3) is 2.14. The molecule has 0 spiro atoms. The first-order valence-electron chi connectivity index (χ1n) is 5.52. The molecule has 0 radical (unpaired) electrons. The van der Waals surface area contributed by atoms with E-state index in [9.17, 15) is 8.42 Å². The summed E-state index contributed by atoms with van der Waals surface area (Å²) in [6.45, 7) is 1.59. The molecular weight excluding hydrogens is 226 g/mol. The highest BCUT2D eigenvalue weighted by molar-refractivity contribution is 7.89. The predicted octanol–water partition coefficient (Wildman–Crippen LogP) is 0.648. The van der Waals surface area contributed by atoms with Crippen molar-refractivity contribution in [2.45, 2.75) is 30.7 Å². The first-order chi connectivity index (χ1) is 7.64. The SMILES string of the molecule is NCc1cc(S(=O)(=O)N2CCCCC2)c[nH]1. The summed E-state index contributed by atoms with van der Waals surface area (Å²) >= 11 is 0. The first-order valence-corrected chi connectivity index (χ1v) is 6.96. The smallest absolute Gasteiger partial charge is 0.244 e. The summed E-state index contributed by atoms with van der Waals surface area (Å²) in [7, 11) is -3.30. The maximum atomic E-state index is 12.2. The topological polar surface area (TPSA) is 79.2 Å². The third-order valence-corrected chi connectivity index (χ3v) is 4.77. The van der Waals surface area contributed by atoms with E-state index in [4.69, 9.17) is 5.73 Å². The number of hydrogen-bond donors (Lipinski definition) is 2. The van der Waals surface area contributed by atoms with Crippen molar-refractivity contribution in [1.29, 1.82) is 0 Å². The number of aromatic amines is 1. The minimum absolute atomic E-state index is 0.329. The minimum Gasteiger partial charge on any atom is -0.363 e. The summed E-state index contributed by atoms with van der Waals surface area (Å²) < 4.78 is 25.9. The fraction of sp³-hybridized carbons (Fsp3) is 0.600. The van der Waals surface area contributed by atoms with Gasteiger partial charge in [-0.2, -0.15) is 4.31 Å². The molecule has 1 aromatic rings. The number of H-pyrrole nitrogens is 1. The third-order valence-electron chi connectivity index (χ3n) is 2.89. The van der Waals surface area contributed by atoms with Crippen LogP contribution in [0.3, 0.4) is 0 Å². The molecule has 1 aromatic heterocycles. The second-order valence-corrected chi connectivity index (χ2v) is 5.97. The molecule has 90 valence electrons. The highest BCUT2D eigenvalue weighted by atomic mass is 32.2. The summed E-state index contributed by atoms with van der Waals surface area (Å²) in [5.41, 5.74) is 6.19. The average molecular weight is 243 g/mol. The molecule has 3 N–H and O–H groups in total. The molecule has 1 aliphatic heterocycles. The van der Waals surface area contributed by atoms with E-state index < -0.39 is 10.0 Å². The molecular formula is C10H17N3O2S. The van der Waals surface area contributed by atoms with Gasteiger partial charge in [0.2, 0.25) is 10.0 Å². The highest BCUT2D eigenvalue weighted by Crippen LogP contribution is 2.20. The molecule has 6 heteroatoms. The minimum atomic E-state index is -3.30. The van der Waals surface area contributed by atoms with Gasteiger partial charge in [0.1, 0.15) is 0 Å². The van der Waals surface area contributed by atoms with Crippen molar-refractivity contribution >= 4 is 10.0 Å². The molecule has 0 saturated carbocycles. The summed E-state index contributed by atoms with van der Waals surface area (Å²) in [6, 6.07) is 1.62. The van der Waals surface area contributed by atoms with E-state index in [1.807, 2.05) is 0 Å². The Bertz CT molecular complexity index is 446. The number of nitrogens with two attached hydrogens (primary N) is 1. The fourth-order valence-corrected chi connectivity index (χ4v) is 3.48. The normalized spacial score (nSPS) is 18.8. The number of nitrogens with one attached hydrogen (secondary N) is 1. The van der Waals surface area contributed by atoms with Crippen LogP contribution in [0.15, 0.2) is 17.2 Å². The maximum Gasteiger partial charge on any atom is 0.244 e. The molecule has 0 aliphatic carbocycles. The van der Waals surface area contributed by atoms with Gasteiger partial charge in [-0.3, -0.25) is 0 Å². The van der Waals surface area contributed by atoms with Gasteiger partial charge < -0.3 is 10.7 Å². The monoisotopic (exact) mass is 243 g/mol. The summed E-state index contributed by atoms with van der Waals surface area (Å²) in [4.78, 5) is 3.20. The van der Waals surface area contributed by atoms with Gasteiger partial charge >= 0.3 is 0 Å². The summed E-state index contributed by atoms with van der Waals surface area (Å²) in [5.74, 6) is 0. The lowest BCUT2D eigenvalue weighted by Crippen LogP contribution is -2.35. The molecule has 2 heterocycles. The largest absolute Gasteiger partial charge is 0.363 e. The predicted molar refractivity (Wildman–Crippen MR) is 61.3 cm³/mol. The molecule has 5 nitrogen and oxygen atoms in total. The van der Waals surface area contributed by atoms with Crippen molar-refractivity contribution < 1.29 is 8.42 Å². The van der Waals surface area contributed by atoms with E-state index >= 15 is 0 Å². The van der Waals surface area contributed by atoms with Crippen molar-refractivity contribution in [3.63, 3.8) is 0 Å². The van der Waals surface area contributed by atoms with Crippen LogP contribution < -0.4 is 5.73 Å². The Kier molecular flexibility index (Phi) is 3.32. The Balaban J connectivity index is 2.23. The van der Waals surface area contributed by atoms with Crippen LogP contribution >= 0.6 is 0 Å². The molecule has 0 aromatic carbocycles. The van der Waals surface area contributed by atoms with Crippen LogP contribution in [0, 0.1) is 0 Å². The molecule has 2 rings (SSSR count). The van der Waals surface area contributed by atoms with Crippen LogP contribution in [-0.4, -0.2) is 30.8 Å². The number of aromatic nitrogens is 1. The molecule has 0 atom stereocenters. The van der Waals surface area contributed by atoms with Gasteiger partial charge in [-0.05, 0) is 18.9 Å². The van der Waals surface area contributed by atoms with Gasteiger partial charge in [0.05, 0.1) is 4.90 Å². The number of sulfonamides is 1. The second kappa shape index (κ2) is 4.57. The van der Waals surface area contributed by atoms with Crippen LogP contribution in [0.4, 0.5) is 0 Å². The van der Waals surface area contributed by atoms with Gasteiger partial charge in [-0.1, -0.05) is 6.42 Å². The average Bonchev–Trinajstić information content (AvgIpc) is 2.79. The lowest BCUT2D eigenvalue weighted by atomic mass is 10.2. The van der Waals surface area contributed by atoms with Crippen molar-refractivity contribution in [2.75, 3.05) is 13.1 Å². The molecule has 1 saturated heterocycles. The number of hydrogen-bond acceptors (Lipinski definition) is 3. The van der Waals surface area contributed by atoms with E-state index in [1.54, 1.807) is 10.4 Å². The molecule has 0 amide bonds. The maximum absolute atomic E-state index is 12.2. The summed E-state index contributed by atoms with van der Waals surface area (Å²) in [5, 5.41) is 0. The van der Waals surface area contributed by atoms with Gasteiger partial charge in [0, 0.05) is 31.5 Å². The number of rotatable bonds is 3. The van der Waals surface area contributed by atoms with Crippen molar-refractivity contribution in [2.24, 2.45) is 5.73 Å². The first kappa shape index (κ1) is 11.6. The number of nitrogens with zero attached hydrogens (tertiary/aromatic N) is 1. The fourth-order valence-electron chi connectivity index (χ4n) is 1.94. The van der Waals surface area contributed by atoms with Gasteiger partial charge in [0.15, 0.2) is 0 Å².